The number of hydrogen-bond donors (Lipinski definition) is 2. The Balaban J connectivity index is 2.56. The van der Waals surface area contributed by atoms with E-state index in [-0.39, 0.29) is 11.9 Å². The normalized spacial score (nSPS) is 17.3. The number of likely N-dealkylation sites (N-methyl/N-ethyl adjacent to an activating group) is 1. The molecule has 1 aliphatic rings. The molecule has 0 bridgehead atoms. The van der Waals surface area contributed by atoms with Crippen molar-refractivity contribution in [2.24, 2.45) is 0 Å². The van der Waals surface area contributed by atoms with Crippen molar-refractivity contribution in [3.8, 4) is 11.5 Å². The van der Waals surface area contributed by atoms with Crippen LogP contribution in [0.15, 0.2) is 29.5 Å². The Bertz CT molecular complexity index is 671. The smallest absolute Gasteiger partial charge is 0.253 e. The van der Waals surface area contributed by atoms with Crippen LogP contribution >= 0.6 is 12.2 Å². The van der Waals surface area contributed by atoms with Crippen molar-refractivity contribution in [3.05, 3.63) is 35.0 Å². The van der Waals surface area contributed by atoms with E-state index in [2.05, 4.69) is 10.6 Å². The van der Waals surface area contributed by atoms with Crippen molar-refractivity contribution in [3.63, 3.8) is 0 Å². The minimum atomic E-state index is -0.389. The summed E-state index contributed by atoms with van der Waals surface area (Å²) in [6.07, 6.45) is 0. The van der Waals surface area contributed by atoms with Crippen molar-refractivity contribution in [2.45, 2.75) is 13.0 Å². The Labute approximate surface area is 141 Å². The summed E-state index contributed by atoms with van der Waals surface area (Å²) >= 11 is 5.25. The van der Waals surface area contributed by atoms with Gasteiger partial charge in [0, 0.05) is 31.4 Å². The van der Waals surface area contributed by atoms with Gasteiger partial charge in [0.2, 0.25) is 0 Å². The summed E-state index contributed by atoms with van der Waals surface area (Å²) in [6, 6.07) is 5.10. The van der Waals surface area contributed by atoms with E-state index in [4.69, 9.17) is 21.7 Å². The molecule has 1 aliphatic heterocycles. The van der Waals surface area contributed by atoms with Gasteiger partial charge in [0.05, 0.1) is 25.8 Å². The van der Waals surface area contributed by atoms with Crippen LogP contribution in [-0.4, -0.2) is 44.2 Å². The predicted molar refractivity (Wildman–Crippen MR) is 92.6 cm³/mol. The molecule has 2 N–H and O–H groups in total. The van der Waals surface area contributed by atoms with Gasteiger partial charge in [-0.15, -0.1) is 0 Å². The molecule has 1 atom stereocenters. The topological polar surface area (TPSA) is 62.8 Å². The van der Waals surface area contributed by atoms with Crippen LogP contribution in [-0.2, 0) is 4.79 Å². The average molecular weight is 335 g/mol. The third-order valence-corrected chi connectivity index (χ3v) is 3.88. The molecule has 0 radical (unpaired) electrons. The maximum atomic E-state index is 12.6. The minimum Gasteiger partial charge on any atom is -0.497 e. The van der Waals surface area contributed by atoms with E-state index in [9.17, 15) is 4.79 Å². The maximum Gasteiger partial charge on any atom is 0.253 e. The lowest BCUT2D eigenvalue weighted by Crippen LogP contribution is -2.46. The highest BCUT2D eigenvalue weighted by Gasteiger charge is 2.32. The monoisotopic (exact) mass is 335 g/mol. The van der Waals surface area contributed by atoms with Gasteiger partial charge in [-0.2, -0.15) is 0 Å². The maximum absolute atomic E-state index is 12.6. The van der Waals surface area contributed by atoms with E-state index in [0.29, 0.717) is 22.2 Å². The second kappa shape index (κ2) is 6.87. The molecule has 0 spiro atoms. The highest BCUT2D eigenvalue weighted by Crippen LogP contribution is 2.35. The number of thiocarbonyl (C=S) groups is 1. The molecule has 23 heavy (non-hydrogen) atoms. The summed E-state index contributed by atoms with van der Waals surface area (Å²) in [5.74, 6) is 1.22. The lowest BCUT2D eigenvalue weighted by atomic mass is 9.94. The quantitative estimate of drug-likeness (QED) is 0.815. The first-order chi connectivity index (χ1) is 10.9. The molecule has 0 fully saturated rings. The van der Waals surface area contributed by atoms with Gasteiger partial charge in [0.1, 0.15) is 11.5 Å². The van der Waals surface area contributed by atoms with Crippen LogP contribution in [0.1, 0.15) is 18.5 Å². The third-order valence-electron chi connectivity index (χ3n) is 3.66. The SMILES string of the molecule is COc1ccc(C2NC(=S)NC(C)=C2C(=O)N(C)C)c(OC)c1. The molecule has 1 heterocycles. The largest absolute Gasteiger partial charge is 0.497 e. The standard InChI is InChI=1S/C16H21N3O3S/c1-9-13(15(20)19(2)3)14(18-16(23)17-9)11-7-6-10(21-4)8-12(11)22-5/h6-8,14H,1-5H3,(H2,17,18,23). The zero-order chi connectivity index (χ0) is 17.1. The first-order valence-electron chi connectivity index (χ1n) is 7.11. The van der Waals surface area contributed by atoms with E-state index >= 15 is 0 Å². The average Bonchev–Trinajstić information content (AvgIpc) is 2.52. The minimum absolute atomic E-state index is 0.0899. The van der Waals surface area contributed by atoms with Gasteiger partial charge in [-0.05, 0) is 31.3 Å². The molecule has 0 saturated carbocycles. The summed E-state index contributed by atoms with van der Waals surface area (Å²) in [5, 5.41) is 6.64. The van der Waals surface area contributed by atoms with Crippen LogP contribution in [0.4, 0.5) is 0 Å². The number of amides is 1. The molecule has 2 rings (SSSR count). The van der Waals surface area contributed by atoms with Gasteiger partial charge in [-0.1, -0.05) is 0 Å². The third kappa shape index (κ3) is 3.39. The number of rotatable bonds is 4. The number of carbonyl (C=O) groups is 1. The van der Waals surface area contributed by atoms with E-state index in [1.807, 2.05) is 19.1 Å². The van der Waals surface area contributed by atoms with Crippen molar-refractivity contribution >= 4 is 23.2 Å². The number of hydrogen-bond acceptors (Lipinski definition) is 4. The fourth-order valence-corrected chi connectivity index (χ4v) is 2.78. The van der Waals surface area contributed by atoms with Crippen molar-refractivity contribution in [2.75, 3.05) is 28.3 Å². The fraction of sp³-hybridized carbons (Fsp3) is 0.375. The lowest BCUT2D eigenvalue weighted by Gasteiger charge is -2.32. The first kappa shape index (κ1) is 17.1. The summed E-state index contributed by atoms with van der Waals surface area (Å²) in [5.41, 5.74) is 2.16. The molecule has 1 aromatic rings. The Morgan fingerprint density at radius 1 is 1.26 bits per heavy atom. The van der Waals surface area contributed by atoms with Gasteiger partial charge in [0.15, 0.2) is 5.11 Å². The molecule has 0 saturated heterocycles. The Kier molecular flexibility index (Phi) is 5.10. The van der Waals surface area contributed by atoms with Gasteiger partial charge >= 0.3 is 0 Å². The molecular weight excluding hydrogens is 314 g/mol. The van der Waals surface area contributed by atoms with Crippen LogP contribution in [0.2, 0.25) is 0 Å². The van der Waals surface area contributed by atoms with Crippen LogP contribution < -0.4 is 20.1 Å². The number of allylic oxidation sites excluding steroid dienone is 1. The van der Waals surface area contributed by atoms with Gasteiger partial charge in [0.25, 0.3) is 5.91 Å². The first-order valence-corrected chi connectivity index (χ1v) is 7.51. The number of benzene rings is 1. The predicted octanol–water partition coefficient (Wildman–Crippen LogP) is 1.58. The summed E-state index contributed by atoms with van der Waals surface area (Å²) in [7, 11) is 6.62. The summed E-state index contributed by atoms with van der Waals surface area (Å²) in [4.78, 5) is 14.1. The zero-order valence-electron chi connectivity index (χ0n) is 13.9. The number of nitrogens with one attached hydrogen (secondary N) is 2. The molecule has 6 nitrogen and oxygen atoms in total. The molecule has 1 aromatic carbocycles. The molecule has 1 unspecified atom stereocenters. The second-order valence-corrected chi connectivity index (χ2v) is 5.79. The molecular formula is C16H21N3O3S. The van der Waals surface area contributed by atoms with Crippen LogP contribution in [0.25, 0.3) is 0 Å². The van der Waals surface area contributed by atoms with E-state index in [1.54, 1.807) is 39.3 Å². The number of carbonyl (C=O) groups excluding carboxylic acids is 1. The fourth-order valence-electron chi connectivity index (χ4n) is 2.51. The van der Waals surface area contributed by atoms with Crippen LogP contribution in [0, 0.1) is 0 Å². The molecule has 124 valence electrons. The van der Waals surface area contributed by atoms with E-state index < -0.39 is 0 Å². The van der Waals surface area contributed by atoms with Gasteiger partial charge in [-0.25, -0.2) is 0 Å². The number of ether oxygens (including phenoxy) is 2. The number of nitrogens with zero attached hydrogens (tertiary/aromatic N) is 1. The Morgan fingerprint density at radius 3 is 2.52 bits per heavy atom. The van der Waals surface area contributed by atoms with Crippen molar-refractivity contribution < 1.29 is 14.3 Å². The highest BCUT2D eigenvalue weighted by molar-refractivity contribution is 7.80. The van der Waals surface area contributed by atoms with Crippen molar-refractivity contribution in [1.29, 1.82) is 0 Å². The Morgan fingerprint density at radius 2 is 1.96 bits per heavy atom. The summed E-state index contributed by atoms with van der Waals surface area (Å²) in [6.45, 7) is 1.84. The molecule has 0 aromatic heterocycles. The van der Waals surface area contributed by atoms with Gasteiger partial charge in [-0.3, -0.25) is 4.79 Å². The highest BCUT2D eigenvalue weighted by atomic mass is 32.1. The summed E-state index contributed by atoms with van der Waals surface area (Å²) < 4.78 is 10.7. The second-order valence-electron chi connectivity index (χ2n) is 5.38. The Hall–Kier alpha value is -2.28. The van der Waals surface area contributed by atoms with Gasteiger partial charge < -0.3 is 25.0 Å². The van der Waals surface area contributed by atoms with Crippen molar-refractivity contribution in [1.82, 2.24) is 15.5 Å². The molecule has 0 aliphatic carbocycles. The molecule has 7 heteroatoms. The zero-order valence-corrected chi connectivity index (χ0v) is 14.7. The molecule has 1 amide bonds. The van der Waals surface area contributed by atoms with E-state index in [1.165, 1.54) is 0 Å². The van der Waals surface area contributed by atoms with Crippen LogP contribution in [0.3, 0.4) is 0 Å². The van der Waals surface area contributed by atoms with E-state index in [0.717, 1.165) is 11.3 Å². The lowest BCUT2D eigenvalue weighted by molar-refractivity contribution is -0.125. The number of methoxy groups -OCH3 is 2. The van der Waals surface area contributed by atoms with Crippen LogP contribution in [0.5, 0.6) is 11.5 Å².